The summed E-state index contributed by atoms with van der Waals surface area (Å²) in [5.41, 5.74) is 1.47. The monoisotopic (exact) mass is 314 g/mol. The van der Waals surface area contributed by atoms with E-state index in [0.717, 1.165) is 0 Å². The van der Waals surface area contributed by atoms with E-state index >= 15 is 0 Å². The van der Waals surface area contributed by atoms with Gasteiger partial charge in [-0.1, -0.05) is 24.3 Å². The van der Waals surface area contributed by atoms with E-state index in [9.17, 15) is 18.8 Å². The Hall–Kier alpha value is -3.02. The Labute approximate surface area is 132 Å². The van der Waals surface area contributed by atoms with E-state index in [1.165, 1.54) is 37.3 Å². The number of carbonyl (C=O) groups excluding carboxylic acids is 3. The number of Topliss-reactive ketones (excluding diaryl/α,β-unsaturated/α-hetero) is 1. The third-order valence-corrected chi connectivity index (χ3v) is 3.10. The number of halogens is 1. The zero-order valence-corrected chi connectivity index (χ0v) is 12.4. The van der Waals surface area contributed by atoms with Crippen molar-refractivity contribution in [3.05, 3.63) is 65.5 Å². The van der Waals surface area contributed by atoms with Crippen molar-refractivity contribution in [2.24, 2.45) is 0 Å². The maximum absolute atomic E-state index is 12.8. The van der Waals surface area contributed by atoms with Gasteiger partial charge in [-0.05, 0) is 36.8 Å². The van der Waals surface area contributed by atoms with Crippen LogP contribution in [-0.2, 0) is 16.1 Å². The molecule has 0 aromatic heterocycles. The smallest absolute Gasteiger partial charge is 0.313 e. The van der Waals surface area contributed by atoms with Gasteiger partial charge in [0.25, 0.3) is 0 Å². The number of benzene rings is 2. The first-order valence-corrected chi connectivity index (χ1v) is 6.90. The largest absolute Gasteiger partial charge is 0.344 e. The van der Waals surface area contributed by atoms with E-state index < -0.39 is 11.8 Å². The van der Waals surface area contributed by atoms with Crippen molar-refractivity contribution in [2.45, 2.75) is 13.5 Å². The molecule has 23 heavy (non-hydrogen) atoms. The highest BCUT2D eigenvalue weighted by atomic mass is 19.1. The summed E-state index contributed by atoms with van der Waals surface area (Å²) in [6, 6.07) is 11.9. The quantitative estimate of drug-likeness (QED) is 0.671. The summed E-state index contributed by atoms with van der Waals surface area (Å²) in [4.78, 5) is 34.8. The third kappa shape index (κ3) is 4.74. The minimum atomic E-state index is -0.840. The topological polar surface area (TPSA) is 75.3 Å². The highest BCUT2D eigenvalue weighted by Crippen LogP contribution is 2.11. The van der Waals surface area contributed by atoms with Crippen LogP contribution in [0.3, 0.4) is 0 Å². The van der Waals surface area contributed by atoms with Crippen molar-refractivity contribution in [1.29, 1.82) is 0 Å². The Morgan fingerprint density at radius 3 is 2.35 bits per heavy atom. The van der Waals surface area contributed by atoms with Gasteiger partial charge in [0, 0.05) is 17.8 Å². The number of nitrogens with one attached hydrogen (secondary N) is 2. The van der Waals surface area contributed by atoms with Crippen molar-refractivity contribution in [3.8, 4) is 0 Å². The number of rotatable bonds is 4. The van der Waals surface area contributed by atoms with Gasteiger partial charge in [0.2, 0.25) is 0 Å². The summed E-state index contributed by atoms with van der Waals surface area (Å²) in [6.45, 7) is 1.52. The van der Waals surface area contributed by atoms with Crippen LogP contribution in [0.1, 0.15) is 22.8 Å². The molecule has 2 amide bonds. The molecule has 0 saturated carbocycles. The standard InChI is InChI=1S/C17H15FN2O3/c1-11(21)13-3-2-4-15(9-13)20-17(23)16(22)19-10-12-5-7-14(18)8-6-12/h2-9H,10H2,1H3,(H,19,22)(H,20,23). The predicted molar refractivity (Wildman–Crippen MR) is 83.3 cm³/mol. The lowest BCUT2D eigenvalue weighted by Crippen LogP contribution is -2.35. The van der Waals surface area contributed by atoms with Gasteiger partial charge in [0.15, 0.2) is 5.78 Å². The van der Waals surface area contributed by atoms with Gasteiger partial charge in [-0.25, -0.2) is 4.39 Å². The zero-order chi connectivity index (χ0) is 16.8. The summed E-state index contributed by atoms with van der Waals surface area (Å²) in [6.07, 6.45) is 0. The molecule has 2 N–H and O–H groups in total. The number of ketones is 1. The van der Waals surface area contributed by atoms with Crippen LogP contribution >= 0.6 is 0 Å². The molecule has 0 bridgehead atoms. The summed E-state index contributed by atoms with van der Waals surface area (Å²) in [7, 11) is 0. The predicted octanol–water partition coefficient (Wildman–Crippen LogP) is 2.28. The highest BCUT2D eigenvalue weighted by Gasteiger charge is 2.13. The van der Waals surface area contributed by atoms with Gasteiger partial charge in [-0.15, -0.1) is 0 Å². The van der Waals surface area contributed by atoms with E-state index in [-0.39, 0.29) is 18.1 Å². The molecule has 0 radical (unpaired) electrons. The Morgan fingerprint density at radius 1 is 1.00 bits per heavy atom. The molecule has 0 aliphatic rings. The van der Waals surface area contributed by atoms with E-state index in [1.54, 1.807) is 18.2 Å². The molecule has 0 aliphatic carbocycles. The van der Waals surface area contributed by atoms with Crippen LogP contribution in [0.25, 0.3) is 0 Å². The Kier molecular flexibility index (Phi) is 5.19. The first-order valence-electron chi connectivity index (χ1n) is 6.90. The first kappa shape index (κ1) is 16.4. The second-order valence-electron chi connectivity index (χ2n) is 4.90. The Balaban J connectivity index is 1.92. The van der Waals surface area contributed by atoms with Gasteiger partial charge < -0.3 is 10.6 Å². The minimum absolute atomic E-state index is 0.111. The molecule has 0 aliphatic heterocycles. The van der Waals surface area contributed by atoms with E-state index in [0.29, 0.717) is 16.8 Å². The number of carbonyl (C=O) groups is 3. The van der Waals surface area contributed by atoms with Crippen LogP contribution < -0.4 is 10.6 Å². The van der Waals surface area contributed by atoms with Crippen molar-refractivity contribution in [1.82, 2.24) is 5.32 Å². The van der Waals surface area contributed by atoms with Crippen molar-refractivity contribution in [3.63, 3.8) is 0 Å². The zero-order valence-electron chi connectivity index (χ0n) is 12.4. The Morgan fingerprint density at radius 2 is 1.70 bits per heavy atom. The van der Waals surface area contributed by atoms with Gasteiger partial charge in [-0.3, -0.25) is 14.4 Å². The van der Waals surface area contributed by atoms with Crippen LogP contribution in [-0.4, -0.2) is 17.6 Å². The minimum Gasteiger partial charge on any atom is -0.344 e. The fourth-order valence-electron chi connectivity index (χ4n) is 1.87. The van der Waals surface area contributed by atoms with Crippen LogP contribution in [0.4, 0.5) is 10.1 Å². The van der Waals surface area contributed by atoms with Crippen molar-refractivity contribution in [2.75, 3.05) is 5.32 Å². The third-order valence-electron chi connectivity index (χ3n) is 3.10. The normalized spacial score (nSPS) is 10.0. The summed E-state index contributed by atoms with van der Waals surface area (Å²) in [5, 5.41) is 4.85. The SMILES string of the molecule is CC(=O)c1cccc(NC(=O)C(=O)NCc2ccc(F)cc2)c1. The van der Waals surface area contributed by atoms with E-state index in [2.05, 4.69) is 10.6 Å². The highest BCUT2D eigenvalue weighted by molar-refractivity contribution is 6.39. The lowest BCUT2D eigenvalue weighted by Gasteiger charge is -2.07. The molecule has 0 unspecified atom stereocenters. The molecule has 0 atom stereocenters. The van der Waals surface area contributed by atoms with Crippen LogP contribution in [0.15, 0.2) is 48.5 Å². The molecule has 0 spiro atoms. The van der Waals surface area contributed by atoms with Gasteiger partial charge >= 0.3 is 11.8 Å². The molecule has 0 saturated heterocycles. The molecule has 0 heterocycles. The number of hydrogen-bond acceptors (Lipinski definition) is 3. The van der Waals surface area contributed by atoms with Gasteiger partial charge in [0.05, 0.1) is 0 Å². The fraction of sp³-hybridized carbons (Fsp3) is 0.118. The summed E-state index contributed by atoms with van der Waals surface area (Å²) in [5.74, 6) is -2.17. The Bertz CT molecular complexity index is 742. The fourth-order valence-corrected chi connectivity index (χ4v) is 1.87. The van der Waals surface area contributed by atoms with E-state index in [4.69, 9.17) is 0 Å². The summed E-state index contributed by atoms with van der Waals surface area (Å²) >= 11 is 0. The van der Waals surface area contributed by atoms with Crippen LogP contribution in [0, 0.1) is 5.82 Å². The van der Waals surface area contributed by atoms with E-state index in [1.807, 2.05) is 0 Å². The lowest BCUT2D eigenvalue weighted by molar-refractivity contribution is -0.136. The molecule has 5 nitrogen and oxygen atoms in total. The van der Waals surface area contributed by atoms with Crippen molar-refractivity contribution < 1.29 is 18.8 Å². The van der Waals surface area contributed by atoms with Crippen LogP contribution in [0.2, 0.25) is 0 Å². The maximum Gasteiger partial charge on any atom is 0.313 e. The van der Waals surface area contributed by atoms with Crippen molar-refractivity contribution >= 4 is 23.3 Å². The molecule has 2 aromatic rings. The average Bonchev–Trinajstić information content (AvgIpc) is 2.54. The second-order valence-corrected chi connectivity index (χ2v) is 4.90. The lowest BCUT2D eigenvalue weighted by atomic mass is 10.1. The van der Waals surface area contributed by atoms with Crippen LogP contribution in [0.5, 0.6) is 0 Å². The maximum atomic E-state index is 12.8. The number of hydrogen-bond donors (Lipinski definition) is 2. The molecular weight excluding hydrogens is 299 g/mol. The molecule has 6 heteroatoms. The number of amides is 2. The molecular formula is C17H15FN2O3. The summed E-state index contributed by atoms with van der Waals surface area (Å²) < 4.78 is 12.8. The second kappa shape index (κ2) is 7.31. The average molecular weight is 314 g/mol. The molecule has 2 rings (SSSR count). The first-order chi connectivity index (χ1) is 11.0. The molecule has 118 valence electrons. The van der Waals surface area contributed by atoms with Gasteiger partial charge in [-0.2, -0.15) is 0 Å². The molecule has 0 fully saturated rings. The molecule has 2 aromatic carbocycles. The number of anilines is 1. The van der Waals surface area contributed by atoms with Gasteiger partial charge in [0.1, 0.15) is 5.82 Å².